The van der Waals surface area contributed by atoms with Crippen molar-refractivity contribution >= 4 is 0 Å². The van der Waals surface area contributed by atoms with Crippen molar-refractivity contribution in [1.29, 1.82) is 0 Å². The summed E-state index contributed by atoms with van der Waals surface area (Å²) in [5.74, 6) is -0.393. The van der Waals surface area contributed by atoms with Gasteiger partial charge in [0.15, 0.2) is 11.4 Å². The van der Waals surface area contributed by atoms with Gasteiger partial charge in [0.05, 0.1) is 19.3 Å². The van der Waals surface area contributed by atoms with Gasteiger partial charge in [-0.2, -0.15) is 0 Å². The highest BCUT2D eigenvalue weighted by atomic mass is 16.8. The first-order chi connectivity index (χ1) is 9.69. The van der Waals surface area contributed by atoms with E-state index in [0.29, 0.717) is 25.4 Å². The molecule has 4 heteroatoms. The molecular weight excluding hydrogens is 268 g/mol. The minimum absolute atomic E-state index is 0.0257. The van der Waals surface area contributed by atoms with E-state index in [1.807, 2.05) is 13.8 Å². The molecule has 4 nitrogen and oxygen atoms in total. The average Bonchev–Trinajstić information content (AvgIpc) is 2.85. The Bertz CT molecular complexity index is 413. The van der Waals surface area contributed by atoms with Gasteiger partial charge in [0.2, 0.25) is 0 Å². The Kier molecular flexibility index (Phi) is 4.45. The van der Waals surface area contributed by atoms with Gasteiger partial charge in [-0.05, 0) is 25.7 Å². The largest absolute Gasteiger partial charge is 0.489 e. The summed E-state index contributed by atoms with van der Waals surface area (Å²) in [5.41, 5.74) is -0.339. The SMILES string of the molecule is CCCCC1(O)C(C(C)(C)C)=C(OC(C)C)C12OCCO2. The fourth-order valence-electron chi connectivity index (χ4n) is 3.48. The van der Waals surface area contributed by atoms with Crippen molar-refractivity contribution in [3.05, 3.63) is 11.3 Å². The van der Waals surface area contributed by atoms with E-state index in [-0.39, 0.29) is 11.5 Å². The van der Waals surface area contributed by atoms with Crippen LogP contribution < -0.4 is 0 Å². The smallest absolute Gasteiger partial charge is 0.262 e. The van der Waals surface area contributed by atoms with Crippen molar-refractivity contribution < 1.29 is 19.3 Å². The quantitative estimate of drug-likeness (QED) is 0.845. The maximum Gasteiger partial charge on any atom is 0.262 e. The number of unbranched alkanes of at least 4 members (excludes halogenated alkanes) is 1. The number of hydrogen-bond acceptors (Lipinski definition) is 4. The van der Waals surface area contributed by atoms with Crippen LogP contribution in [0.3, 0.4) is 0 Å². The molecule has 0 bridgehead atoms. The van der Waals surface area contributed by atoms with E-state index < -0.39 is 11.4 Å². The lowest BCUT2D eigenvalue weighted by molar-refractivity contribution is -0.289. The first-order valence-electron chi connectivity index (χ1n) is 8.11. The van der Waals surface area contributed by atoms with Crippen molar-refractivity contribution in [2.24, 2.45) is 5.41 Å². The second-order valence-electron chi connectivity index (χ2n) is 7.40. The zero-order chi connectivity index (χ0) is 15.9. The monoisotopic (exact) mass is 298 g/mol. The number of hydrogen-bond donors (Lipinski definition) is 1. The van der Waals surface area contributed by atoms with E-state index in [9.17, 15) is 5.11 Å². The van der Waals surface area contributed by atoms with Gasteiger partial charge in [-0.25, -0.2) is 0 Å². The molecule has 1 aliphatic carbocycles. The zero-order valence-electron chi connectivity index (χ0n) is 14.3. The maximum absolute atomic E-state index is 11.4. The van der Waals surface area contributed by atoms with Gasteiger partial charge in [0, 0.05) is 5.57 Å². The molecular formula is C17H30O4. The summed E-state index contributed by atoms with van der Waals surface area (Å²) in [4.78, 5) is 0. The Morgan fingerprint density at radius 2 is 1.81 bits per heavy atom. The van der Waals surface area contributed by atoms with E-state index in [0.717, 1.165) is 18.4 Å². The van der Waals surface area contributed by atoms with E-state index in [1.165, 1.54) is 0 Å². The van der Waals surface area contributed by atoms with Crippen LogP contribution in [-0.2, 0) is 14.2 Å². The Balaban J connectivity index is 2.48. The Morgan fingerprint density at radius 1 is 1.24 bits per heavy atom. The summed E-state index contributed by atoms with van der Waals surface area (Å²) in [6, 6.07) is 0. The van der Waals surface area contributed by atoms with E-state index in [2.05, 4.69) is 27.7 Å². The van der Waals surface area contributed by atoms with Gasteiger partial charge in [-0.3, -0.25) is 0 Å². The van der Waals surface area contributed by atoms with Crippen LogP contribution in [0, 0.1) is 5.41 Å². The second kappa shape index (κ2) is 5.56. The fraction of sp³-hybridized carbons (Fsp3) is 0.882. The highest BCUT2D eigenvalue weighted by molar-refractivity contribution is 5.47. The molecule has 0 saturated carbocycles. The lowest BCUT2D eigenvalue weighted by Crippen LogP contribution is -2.68. The van der Waals surface area contributed by atoms with Gasteiger partial charge in [0.1, 0.15) is 0 Å². The van der Waals surface area contributed by atoms with Gasteiger partial charge < -0.3 is 19.3 Å². The van der Waals surface area contributed by atoms with Crippen molar-refractivity contribution in [1.82, 2.24) is 0 Å². The Labute approximate surface area is 128 Å². The molecule has 0 amide bonds. The minimum Gasteiger partial charge on any atom is -0.489 e. The molecule has 21 heavy (non-hydrogen) atoms. The molecule has 0 aromatic heterocycles. The summed E-state index contributed by atoms with van der Waals surface area (Å²) >= 11 is 0. The highest BCUT2D eigenvalue weighted by Gasteiger charge is 2.72. The lowest BCUT2D eigenvalue weighted by atomic mass is 9.60. The molecule has 1 N–H and O–H groups in total. The van der Waals surface area contributed by atoms with Crippen LogP contribution in [0.1, 0.15) is 60.8 Å². The molecule has 1 fully saturated rings. The fourth-order valence-corrected chi connectivity index (χ4v) is 3.48. The van der Waals surface area contributed by atoms with Crippen LogP contribution in [0.2, 0.25) is 0 Å². The second-order valence-corrected chi connectivity index (χ2v) is 7.40. The number of aliphatic hydroxyl groups is 1. The van der Waals surface area contributed by atoms with E-state index in [4.69, 9.17) is 14.2 Å². The highest BCUT2D eigenvalue weighted by Crippen LogP contribution is 2.60. The topological polar surface area (TPSA) is 47.9 Å². The molecule has 1 saturated heterocycles. The summed E-state index contributed by atoms with van der Waals surface area (Å²) in [6.07, 6.45) is 2.62. The molecule has 1 aliphatic heterocycles. The molecule has 1 heterocycles. The van der Waals surface area contributed by atoms with E-state index >= 15 is 0 Å². The Hall–Kier alpha value is -0.580. The molecule has 2 aliphatic rings. The number of rotatable bonds is 5. The third-order valence-corrected chi connectivity index (χ3v) is 4.17. The Morgan fingerprint density at radius 3 is 2.24 bits per heavy atom. The van der Waals surface area contributed by atoms with Gasteiger partial charge >= 0.3 is 0 Å². The van der Waals surface area contributed by atoms with Crippen LogP contribution in [0.25, 0.3) is 0 Å². The van der Waals surface area contributed by atoms with Crippen LogP contribution in [0.4, 0.5) is 0 Å². The van der Waals surface area contributed by atoms with Crippen molar-refractivity contribution in [2.75, 3.05) is 13.2 Å². The van der Waals surface area contributed by atoms with Crippen molar-refractivity contribution in [3.8, 4) is 0 Å². The van der Waals surface area contributed by atoms with Gasteiger partial charge in [-0.15, -0.1) is 0 Å². The molecule has 1 atom stereocenters. The van der Waals surface area contributed by atoms with Crippen LogP contribution in [0.15, 0.2) is 11.3 Å². The van der Waals surface area contributed by atoms with Crippen LogP contribution in [0.5, 0.6) is 0 Å². The normalized spacial score (nSPS) is 28.4. The molecule has 122 valence electrons. The van der Waals surface area contributed by atoms with Crippen LogP contribution >= 0.6 is 0 Å². The predicted octanol–water partition coefficient (Wildman–Crippen LogP) is 3.39. The molecule has 0 aromatic carbocycles. The van der Waals surface area contributed by atoms with Gasteiger partial charge in [0.25, 0.3) is 5.79 Å². The summed E-state index contributed by atoms with van der Waals surface area (Å²) < 4.78 is 17.8. The maximum atomic E-state index is 11.4. The first kappa shape index (κ1) is 16.8. The average molecular weight is 298 g/mol. The molecule has 0 aromatic rings. The molecule has 1 unspecified atom stereocenters. The summed E-state index contributed by atoms with van der Waals surface area (Å²) in [7, 11) is 0. The molecule has 2 rings (SSSR count). The third kappa shape index (κ3) is 2.51. The number of ether oxygens (including phenoxy) is 3. The summed E-state index contributed by atoms with van der Waals surface area (Å²) in [6.45, 7) is 13.4. The zero-order valence-corrected chi connectivity index (χ0v) is 14.3. The molecule has 0 radical (unpaired) electrons. The van der Waals surface area contributed by atoms with Crippen molar-refractivity contribution in [3.63, 3.8) is 0 Å². The predicted molar refractivity (Wildman–Crippen MR) is 81.8 cm³/mol. The first-order valence-corrected chi connectivity index (χ1v) is 8.11. The van der Waals surface area contributed by atoms with E-state index in [1.54, 1.807) is 0 Å². The molecule has 1 spiro atoms. The van der Waals surface area contributed by atoms with Gasteiger partial charge in [-0.1, -0.05) is 40.5 Å². The van der Waals surface area contributed by atoms with Crippen molar-refractivity contribution in [2.45, 2.75) is 78.3 Å². The minimum atomic E-state index is -1.09. The lowest BCUT2D eigenvalue weighted by Gasteiger charge is -2.57. The van der Waals surface area contributed by atoms with Crippen LogP contribution in [-0.4, -0.2) is 35.8 Å². The summed E-state index contributed by atoms with van der Waals surface area (Å²) in [5, 5.41) is 11.4. The third-order valence-electron chi connectivity index (χ3n) is 4.17. The standard InChI is InChI=1S/C17H30O4/c1-7-8-9-16(18)13(15(4,5)6)14(21-12(2)3)17(16)19-10-11-20-17/h12,18H,7-11H2,1-6H3.